The van der Waals surface area contributed by atoms with E-state index in [1.54, 1.807) is 0 Å². The van der Waals surface area contributed by atoms with E-state index in [0.29, 0.717) is 5.11 Å². The molecule has 7 nitrogen and oxygen atoms in total. The van der Waals surface area contributed by atoms with Crippen molar-refractivity contribution in [1.29, 1.82) is 0 Å². The number of hydrogen-bond acceptors (Lipinski definition) is 6. The Hall–Kier alpha value is -1.48. The highest BCUT2D eigenvalue weighted by Crippen LogP contribution is 2.15. The maximum absolute atomic E-state index is 5.36. The number of nitrogens with zero attached hydrogens (tertiary/aromatic N) is 4. The number of hydrogen-bond donors (Lipinski definition) is 2. The average molecular weight is 365 g/mol. The summed E-state index contributed by atoms with van der Waals surface area (Å²) in [6.07, 6.45) is 1.85. The molecule has 2 N–H and O–H groups in total. The first-order valence-corrected chi connectivity index (χ1v) is 9.36. The van der Waals surface area contributed by atoms with Crippen molar-refractivity contribution in [1.82, 2.24) is 20.1 Å². The van der Waals surface area contributed by atoms with E-state index in [-0.39, 0.29) is 0 Å². The van der Waals surface area contributed by atoms with Gasteiger partial charge in [-0.05, 0) is 31.4 Å². The van der Waals surface area contributed by atoms with Crippen LogP contribution in [0.3, 0.4) is 0 Å². The molecule has 2 aliphatic heterocycles. The molecule has 0 unspecified atom stereocenters. The van der Waals surface area contributed by atoms with E-state index in [1.807, 2.05) is 12.3 Å². The number of piperazine rings is 1. The molecule has 0 spiro atoms. The number of aromatic nitrogens is 1. The van der Waals surface area contributed by atoms with E-state index in [1.165, 1.54) is 0 Å². The molecule has 2 saturated heterocycles. The van der Waals surface area contributed by atoms with Crippen LogP contribution in [0.5, 0.6) is 0 Å². The Morgan fingerprint density at radius 2 is 1.92 bits per heavy atom. The van der Waals surface area contributed by atoms with E-state index in [9.17, 15) is 0 Å². The molecule has 0 amide bonds. The first kappa shape index (κ1) is 18.3. The summed E-state index contributed by atoms with van der Waals surface area (Å²) in [5.41, 5.74) is 0.918. The molecular formula is C17H28N6OS. The molecule has 138 valence electrons. The summed E-state index contributed by atoms with van der Waals surface area (Å²) < 4.78 is 5.35. The topological polar surface area (TPSA) is 55.9 Å². The van der Waals surface area contributed by atoms with Gasteiger partial charge in [-0.15, -0.1) is 0 Å². The molecule has 0 saturated carbocycles. The maximum atomic E-state index is 5.36. The third-order valence-electron chi connectivity index (χ3n) is 4.65. The van der Waals surface area contributed by atoms with Crippen molar-refractivity contribution in [2.24, 2.45) is 0 Å². The van der Waals surface area contributed by atoms with E-state index in [0.717, 1.165) is 77.1 Å². The molecule has 2 fully saturated rings. The van der Waals surface area contributed by atoms with Crippen LogP contribution in [-0.2, 0) is 4.74 Å². The minimum atomic E-state index is 0.641. The lowest BCUT2D eigenvalue weighted by Gasteiger charge is -2.33. The summed E-state index contributed by atoms with van der Waals surface area (Å²) in [4.78, 5) is 11.6. The Kier molecular flexibility index (Phi) is 6.80. The molecule has 8 heteroatoms. The second-order valence-corrected chi connectivity index (χ2v) is 6.94. The highest BCUT2D eigenvalue weighted by molar-refractivity contribution is 7.80. The quantitative estimate of drug-likeness (QED) is 0.731. The number of morpholine rings is 1. The smallest absolute Gasteiger partial charge is 0.170 e. The molecule has 3 heterocycles. The number of nitrogens with one attached hydrogen (secondary N) is 2. The predicted octanol–water partition coefficient (Wildman–Crippen LogP) is 0.452. The van der Waals surface area contributed by atoms with Crippen molar-refractivity contribution in [3.63, 3.8) is 0 Å². The van der Waals surface area contributed by atoms with Gasteiger partial charge >= 0.3 is 0 Å². The average Bonchev–Trinajstić information content (AvgIpc) is 2.64. The fourth-order valence-electron chi connectivity index (χ4n) is 3.01. The van der Waals surface area contributed by atoms with Crippen molar-refractivity contribution in [2.75, 3.05) is 82.8 Å². The Morgan fingerprint density at radius 3 is 2.60 bits per heavy atom. The fraction of sp³-hybridized carbons (Fsp3) is 0.647. The molecule has 0 aliphatic carbocycles. The van der Waals surface area contributed by atoms with Crippen LogP contribution in [0.25, 0.3) is 0 Å². The van der Waals surface area contributed by atoms with E-state index in [4.69, 9.17) is 17.0 Å². The van der Waals surface area contributed by atoms with Crippen LogP contribution in [0.1, 0.15) is 0 Å². The second-order valence-electron chi connectivity index (χ2n) is 6.53. The Bertz CT molecular complexity index is 541. The maximum Gasteiger partial charge on any atom is 0.170 e. The van der Waals surface area contributed by atoms with Gasteiger partial charge in [-0.1, -0.05) is 0 Å². The van der Waals surface area contributed by atoms with Crippen molar-refractivity contribution >= 4 is 28.8 Å². The van der Waals surface area contributed by atoms with Gasteiger partial charge in [0, 0.05) is 52.4 Å². The number of thiocarbonyl (C=S) groups is 1. The summed E-state index contributed by atoms with van der Waals surface area (Å²) in [7, 11) is 2.16. The van der Waals surface area contributed by atoms with Crippen molar-refractivity contribution in [3.05, 3.63) is 18.3 Å². The molecule has 0 bridgehead atoms. The number of ether oxygens (including phenoxy) is 1. The number of rotatable bonds is 5. The van der Waals surface area contributed by atoms with Gasteiger partial charge in [0.15, 0.2) is 5.11 Å². The Morgan fingerprint density at radius 1 is 1.16 bits per heavy atom. The third-order valence-corrected chi connectivity index (χ3v) is 4.90. The summed E-state index contributed by atoms with van der Waals surface area (Å²) in [5, 5.41) is 7.10. The van der Waals surface area contributed by atoms with Gasteiger partial charge in [0.05, 0.1) is 25.1 Å². The minimum absolute atomic E-state index is 0.641. The lowest BCUT2D eigenvalue weighted by molar-refractivity contribution is 0.0389. The Balaban J connectivity index is 1.39. The fourth-order valence-corrected chi connectivity index (χ4v) is 3.23. The molecule has 0 aromatic carbocycles. The van der Waals surface area contributed by atoms with E-state index >= 15 is 0 Å². The molecule has 25 heavy (non-hydrogen) atoms. The van der Waals surface area contributed by atoms with Gasteiger partial charge in [0.25, 0.3) is 0 Å². The summed E-state index contributed by atoms with van der Waals surface area (Å²) in [6.45, 7) is 9.68. The van der Waals surface area contributed by atoms with Crippen LogP contribution < -0.4 is 15.5 Å². The van der Waals surface area contributed by atoms with Crippen LogP contribution in [0.2, 0.25) is 0 Å². The second kappa shape index (κ2) is 9.28. The zero-order chi connectivity index (χ0) is 17.5. The molecular weight excluding hydrogens is 336 g/mol. The van der Waals surface area contributed by atoms with E-state index < -0.39 is 0 Å². The van der Waals surface area contributed by atoms with Gasteiger partial charge in [-0.25, -0.2) is 4.98 Å². The standard InChI is InChI=1S/C17H28N6OS/c1-21-6-8-23(9-7-21)16-3-2-15(14-19-16)20-17(25)18-4-5-22-10-12-24-13-11-22/h2-3,14H,4-13H2,1H3,(H2,18,20,25). The largest absolute Gasteiger partial charge is 0.379 e. The lowest BCUT2D eigenvalue weighted by Crippen LogP contribution is -2.44. The van der Waals surface area contributed by atoms with Crippen LogP contribution in [-0.4, -0.2) is 92.5 Å². The zero-order valence-corrected chi connectivity index (χ0v) is 15.7. The molecule has 1 aromatic heterocycles. The highest BCUT2D eigenvalue weighted by atomic mass is 32.1. The monoisotopic (exact) mass is 364 g/mol. The number of anilines is 2. The van der Waals surface area contributed by atoms with Crippen molar-refractivity contribution in [3.8, 4) is 0 Å². The minimum Gasteiger partial charge on any atom is -0.379 e. The first-order chi connectivity index (χ1) is 12.2. The summed E-state index contributed by atoms with van der Waals surface area (Å²) >= 11 is 5.36. The summed E-state index contributed by atoms with van der Waals surface area (Å²) in [5.74, 6) is 1.03. The van der Waals surface area contributed by atoms with Gasteiger partial charge in [0.2, 0.25) is 0 Å². The van der Waals surface area contributed by atoms with Crippen LogP contribution in [0.4, 0.5) is 11.5 Å². The molecule has 0 atom stereocenters. The summed E-state index contributed by atoms with van der Waals surface area (Å²) in [6, 6.07) is 4.10. The van der Waals surface area contributed by atoms with E-state index in [2.05, 4.69) is 43.4 Å². The predicted molar refractivity (Wildman–Crippen MR) is 105 cm³/mol. The van der Waals surface area contributed by atoms with Gasteiger partial charge in [0.1, 0.15) is 5.82 Å². The SMILES string of the molecule is CN1CCN(c2ccc(NC(=S)NCCN3CCOCC3)cn2)CC1. The van der Waals surface area contributed by atoms with Gasteiger partial charge in [-0.2, -0.15) is 0 Å². The van der Waals surface area contributed by atoms with Crippen LogP contribution >= 0.6 is 12.2 Å². The number of pyridine rings is 1. The number of likely N-dealkylation sites (N-methyl/N-ethyl adjacent to an activating group) is 1. The molecule has 0 radical (unpaired) electrons. The van der Waals surface area contributed by atoms with Gasteiger partial charge in [-0.3, -0.25) is 4.90 Å². The lowest BCUT2D eigenvalue weighted by atomic mass is 10.3. The van der Waals surface area contributed by atoms with Crippen molar-refractivity contribution in [2.45, 2.75) is 0 Å². The van der Waals surface area contributed by atoms with Crippen LogP contribution in [0.15, 0.2) is 18.3 Å². The molecule has 2 aliphatic rings. The molecule has 3 rings (SSSR count). The first-order valence-electron chi connectivity index (χ1n) is 8.95. The highest BCUT2D eigenvalue weighted by Gasteiger charge is 2.15. The van der Waals surface area contributed by atoms with Crippen molar-refractivity contribution < 1.29 is 4.74 Å². The molecule has 1 aromatic rings. The Labute approximate surface area is 155 Å². The van der Waals surface area contributed by atoms with Gasteiger partial charge < -0.3 is 25.2 Å². The third kappa shape index (κ3) is 5.78. The van der Waals surface area contributed by atoms with Crippen LogP contribution in [0, 0.1) is 0 Å². The normalized spacial score (nSPS) is 19.6. The zero-order valence-electron chi connectivity index (χ0n) is 14.9.